The minimum Gasteiger partial charge on any atom is -0.486 e. The summed E-state index contributed by atoms with van der Waals surface area (Å²) in [5.41, 5.74) is 5.69. The molecule has 1 fully saturated rings. The van der Waals surface area contributed by atoms with Gasteiger partial charge in [0.1, 0.15) is 34.0 Å². The lowest BCUT2D eigenvalue weighted by atomic mass is 9.99. The number of H-pyrrole nitrogens is 1. The van der Waals surface area contributed by atoms with Crippen molar-refractivity contribution in [3.63, 3.8) is 0 Å². The predicted molar refractivity (Wildman–Crippen MR) is 135 cm³/mol. The first-order valence-corrected chi connectivity index (χ1v) is 12.2. The fourth-order valence-electron chi connectivity index (χ4n) is 4.10. The maximum atomic E-state index is 12.5. The maximum Gasteiger partial charge on any atom is 0.410 e. The number of fused-ring (bicyclic) bond motifs is 1. The normalized spacial score (nSPS) is 16.9. The van der Waals surface area contributed by atoms with Crippen LogP contribution in [0.15, 0.2) is 10.8 Å². The number of pyridine rings is 1. The van der Waals surface area contributed by atoms with E-state index in [0.29, 0.717) is 41.4 Å². The fourth-order valence-corrected chi connectivity index (χ4v) is 4.10. The standard InChI is InChI=1S/C25H33N7O5/c1-7-16(14-9-11-32(13-14)23(33)36-24(2,3)4)35-17-12-27-15(8-10-25(5,6)34)18-19(17)29-22(28-18)20-21(26)31-37-30-20/h12,14,16,34H,7,9,11,13H2,1-6H3,(H2,26,31)(H,28,29). The lowest BCUT2D eigenvalue weighted by molar-refractivity contribution is 0.0273. The van der Waals surface area contributed by atoms with Gasteiger partial charge in [0.2, 0.25) is 0 Å². The van der Waals surface area contributed by atoms with E-state index in [1.165, 1.54) is 0 Å². The Hall–Kier alpha value is -3.85. The first-order chi connectivity index (χ1) is 17.3. The summed E-state index contributed by atoms with van der Waals surface area (Å²) in [5, 5.41) is 17.5. The molecule has 1 aliphatic rings. The first-order valence-electron chi connectivity index (χ1n) is 12.2. The van der Waals surface area contributed by atoms with Gasteiger partial charge in [0, 0.05) is 19.0 Å². The predicted octanol–water partition coefficient (Wildman–Crippen LogP) is 3.13. The Bertz CT molecular complexity index is 1340. The maximum absolute atomic E-state index is 12.5. The van der Waals surface area contributed by atoms with Crippen LogP contribution in [0.1, 0.15) is 60.1 Å². The van der Waals surface area contributed by atoms with Crippen LogP contribution in [0.4, 0.5) is 10.6 Å². The Kier molecular flexibility index (Phi) is 7.01. The third-order valence-electron chi connectivity index (χ3n) is 5.79. The van der Waals surface area contributed by atoms with E-state index < -0.39 is 11.2 Å². The van der Waals surface area contributed by atoms with Crippen LogP contribution in [-0.2, 0) is 4.74 Å². The van der Waals surface area contributed by atoms with E-state index in [-0.39, 0.29) is 29.6 Å². The highest BCUT2D eigenvalue weighted by atomic mass is 16.6. The smallest absolute Gasteiger partial charge is 0.410 e. The van der Waals surface area contributed by atoms with Crippen molar-refractivity contribution < 1.29 is 24.0 Å². The fraction of sp³-hybridized carbons (Fsp3) is 0.560. The Morgan fingerprint density at radius 2 is 2.11 bits per heavy atom. The molecule has 0 bridgehead atoms. The van der Waals surface area contributed by atoms with E-state index in [0.717, 1.165) is 12.8 Å². The van der Waals surface area contributed by atoms with Gasteiger partial charge in [-0.1, -0.05) is 12.8 Å². The molecule has 37 heavy (non-hydrogen) atoms. The molecule has 4 heterocycles. The molecule has 1 aliphatic heterocycles. The zero-order valence-corrected chi connectivity index (χ0v) is 22.0. The number of aliphatic hydroxyl groups is 1. The van der Waals surface area contributed by atoms with Gasteiger partial charge in [0.05, 0.1) is 6.20 Å². The number of nitrogens with one attached hydrogen (secondary N) is 1. The van der Waals surface area contributed by atoms with Crippen molar-refractivity contribution in [3.8, 4) is 29.1 Å². The number of nitrogens with two attached hydrogens (primary N) is 1. The summed E-state index contributed by atoms with van der Waals surface area (Å²) in [4.78, 5) is 26.5. The number of carbonyl (C=O) groups is 1. The highest BCUT2D eigenvalue weighted by molar-refractivity contribution is 5.88. The number of likely N-dealkylation sites (tertiary alicyclic amines) is 1. The second kappa shape index (κ2) is 9.89. The van der Waals surface area contributed by atoms with Crippen LogP contribution in [0.3, 0.4) is 0 Å². The van der Waals surface area contributed by atoms with Gasteiger partial charge in [0.15, 0.2) is 23.1 Å². The molecule has 0 radical (unpaired) electrons. The molecule has 4 N–H and O–H groups in total. The molecule has 0 aromatic carbocycles. The van der Waals surface area contributed by atoms with E-state index >= 15 is 0 Å². The molecule has 2 atom stereocenters. The van der Waals surface area contributed by atoms with Crippen molar-refractivity contribution in [2.45, 2.75) is 71.7 Å². The molecule has 3 aromatic heterocycles. The Balaban J connectivity index is 1.64. The number of amides is 1. The quantitative estimate of drug-likeness (QED) is 0.433. The number of nitrogen functional groups attached to an aromatic ring is 1. The van der Waals surface area contributed by atoms with E-state index in [1.54, 1.807) is 24.9 Å². The number of nitrogens with zero attached hydrogens (tertiary/aromatic N) is 5. The summed E-state index contributed by atoms with van der Waals surface area (Å²) in [7, 11) is 0. The van der Waals surface area contributed by atoms with Gasteiger partial charge in [-0.2, -0.15) is 0 Å². The minimum absolute atomic E-state index is 0.0817. The van der Waals surface area contributed by atoms with Gasteiger partial charge >= 0.3 is 6.09 Å². The number of aromatic amines is 1. The lowest BCUT2D eigenvalue weighted by Crippen LogP contribution is -2.37. The Morgan fingerprint density at radius 1 is 1.35 bits per heavy atom. The number of hydrogen-bond donors (Lipinski definition) is 3. The average Bonchev–Trinajstić information content (AvgIpc) is 3.54. The second-order valence-corrected chi connectivity index (χ2v) is 10.6. The molecule has 12 nitrogen and oxygen atoms in total. The SMILES string of the molecule is CCC(Oc1cnc(C#CC(C)(C)O)c2nc(-c3nonc3N)[nH]c12)C1CCN(C(=O)OC(C)(C)C)C1. The second-order valence-electron chi connectivity index (χ2n) is 10.6. The molecule has 0 spiro atoms. The molecule has 4 rings (SSSR count). The molecular weight excluding hydrogens is 478 g/mol. The first kappa shape index (κ1) is 26.2. The molecule has 0 aliphatic carbocycles. The van der Waals surface area contributed by atoms with E-state index in [9.17, 15) is 9.90 Å². The van der Waals surface area contributed by atoms with Crippen LogP contribution >= 0.6 is 0 Å². The summed E-state index contributed by atoms with van der Waals surface area (Å²) in [6.07, 6.45) is 2.58. The summed E-state index contributed by atoms with van der Waals surface area (Å²) in [6.45, 7) is 11.9. The monoisotopic (exact) mass is 511 g/mol. The van der Waals surface area contributed by atoms with Crippen molar-refractivity contribution in [2.75, 3.05) is 18.8 Å². The highest BCUT2D eigenvalue weighted by Gasteiger charge is 2.35. The zero-order chi connectivity index (χ0) is 27.0. The topological polar surface area (TPSA) is 166 Å². The molecule has 0 saturated carbocycles. The largest absolute Gasteiger partial charge is 0.486 e. The number of rotatable bonds is 5. The van der Waals surface area contributed by atoms with Crippen molar-refractivity contribution in [1.82, 2.24) is 30.2 Å². The number of aromatic nitrogens is 5. The Morgan fingerprint density at radius 3 is 2.73 bits per heavy atom. The Labute approximate surface area is 214 Å². The highest BCUT2D eigenvalue weighted by Crippen LogP contribution is 2.33. The molecule has 3 aromatic rings. The van der Waals surface area contributed by atoms with Crippen LogP contribution < -0.4 is 10.5 Å². The minimum atomic E-state index is -1.21. The van der Waals surface area contributed by atoms with Gasteiger partial charge in [-0.05, 0) is 63.7 Å². The van der Waals surface area contributed by atoms with Crippen LogP contribution in [0, 0.1) is 17.8 Å². The van der Waals surface area contributed by atoms with E-state index in [1.807, 2.05) is 27.7 Å². The van der Waals surface area contributed by atoms with Gasteiger partial charge in [0.25, 0.3) is 0 Å². The van der Waals surface area contributed by atoms with Crippen molar-refractivity contribution in [3.05, 3.63) is 11.9 Å². The number of carbonyl (C=O) groups excluding carboxylic acids is 1. The lowest BCUT2D eigenvalue weighted by Gasteiger charge is -2.26. The van der Waals surface area contributed by atoms with Crippen LogP contribution in [0.25, 0.3) is 22.6 Å². The molecule has 2 unspecified atom stereocenters. The number of imidazole rings is 1. The van der Waals surface area contributed by atoms with E-state index in [4.69, 9.17) is 19.8 Å². The van der Waals surface area contributed by atoms with Gasteiger partial charge < -0.3 is 30.2 Å². The molecule has 198 valence electrons. The molecule has 12 heteroatoms. The third kappa shape index (κ3) is 6.11. The van der Waals surface area contributed by atoms with Crippen molar-refractivity contribution >= 4 is 22.9 Å². The molecular formula is C25H33N7O5. The number of anilines is 1. The zero-order valence-electron chi connectivity index (χ0n) is 22.0. The van der Waals surface area contributed by atoms with Gasteiger partial charge in [-0.25, -0.2) is 19.4 Å². The number of hydrogen-bond acceptors (Lipinski definition) is 10. The summed E-state index contributed by atoms with van der Waals surface area (Å²) in [5.74, 6) is 6.64. The van der Waals surface area contributed by atoms with Gasteiger partial charge in [-0.15, -0.1) is 0 Å². The summed E-state index contributed by atoms with van der Waals surface area (Å²) < 4.78 is 16.7. The molecule has 1 amide bonds. The van der Waals surface area contributed by atoms with Crippen molar-refractivity contribution in [2.24, 2.45) is 5.92 Å². The summed E-state index contributed by atoms with van der Waals surface area (Å²) in [6, 6.07) is 0. The van der Waals surface area contributed by atoms with E-state index in [2.05, 4.69) is 37.1 Å². The van der Waals surface area contributed by atoms with Crippen LogP contribution in [0.2, 0.25) is 0 Å². The molecule has 1 saturated heterocycles. The van der Waals surface area contributed by atoms with Gasteiger partial charge in [-0.3, -0.25) is 0 Å². The van der Waals surface area contributed by atoms with Crippen molar-refractivity contribution in [1.29, 1.82) is 0 Å². The third-order valence-corrected chi connectivity index (χ3v) is 5.79. The number of ether oxygens (including phenoxy) is 2. The summed E-state index contributed by atoms with van der Waals surface area (Å²) >= 11 is 0. The average molecular weight is 512 g/mol. The van der Waals surface area contributed by atoms with Crippen LogP contribution in [-0.4, -0.2) is 71.8 Å². The van der Waals surface area contributed by atoms with Crippen LogP contribution in [0.5, 0.6) is 5.75 Å².